The van der Waals surface area contributed by atoms with E-state index in [2.05, 4.69) is 40.3 Å². The monoisotopic (exact) mass is 278 g/mol. The molecular weight excluding hydrogens is 256 g/mol. The van der Waals surface area contributed by atoms with E-state index < -0.39 is 0 Å². The molecule has 2 aromatic heterocycles. The van der Waals surface area contributed by atoms with Crippen molar-refractivity contribution in [1.82, 2.24) is 19.4 Å². The molecule has 0 amide bonds. The molecule has 4 nitrogen and oxygen atoms in total. The van der Waals surface area contributed by atoms with Gasteiger partial charge in [-0.3, -0.25) is 4.98 Å². The second kappa shape index (κ2) is 6.30. The summed E-state index contributed by atoms with van der Waals surface area (Å²) in [5, 5.41) is 0. The largest absolute Gasteiger partial charge is 0.329 e. The fourth-order valence-corrected chi connectivity index (χ4v) is 2.42. The van der Waals surface area contributed by atoms with E-state index in [1.807, 2.05) is 18.5 Å². The van der Waals surface area contributed by atoms with Gasteiger partial charge in [-0.2, -0.15) is 0 Å². The first-order chi connectivity index (χ1) is 9.09. The first-order valence-electron chi connectivity index (χ1n) is 6.82. The topological polar surface area (TPSA) is 36.9 Å². The van der Waals surface area contributed by atoms with Crippen LogP contribution >= 0.6 is 12.2 Å². The van der Waals surface area contributed by atoms with E-state index in [0.29, 0.717) is 6.04 Å². The van der Waals surface area contributed by atoms with Crippen molar-refractivity contribution in [2.75, 3.05) is 13.6 Å². The Kier molecular flexibility index (Phi) is 4.71. The standard InChI is InChI=1S/C14H22N4S/c1-11(2)17(3)8-4-5-9-18-13-6-7-15-10-12(13)16-14(18)19/h6-7,10-11H,4-5,8-9H2,1-3H3,(H,16,19). The second-order valence-electron chi connectivity index (χ2n) is 5.26. The zero-order chi connectivity index (χ0) is 13.8. The van der Waals surface area contributed by atoms with Gasteiger partial charge in [0, 0.05) is 18.8 Å². The highest BCUT2D eigenvalue weighted by Crippen LogP contribution is 2.13. The molecule has 0 aliphatic rings. The molecule has 0 atom stereocenters. The molecule has 0 unspecified atom stereocenters. The number of unbranched alkanes of at least 4 members (excludes halogenated alkanes) is 1. The van der Waals surface area contributed by atoms with Crippen LogP contribution in [0.15, 0.2) is 18.5 Å². The van der Waals surface area contributed by atoms with Crippen molar-refractivity contribution in [2.24, 2.45) is 0 Å². The lowest BCUT2D eigenvalue weighted by molar-refractivity contribution is 0.266. The molecule has 0 saturated heterocycles. The lowest BCUT2D eigenvalue weighted by Crippen LogP contribution is -2.27. The maximum absolute atomic E-state index is 5.36. The number of fused-ring (bicyclic) bond motifs is 1. The Hall–Kier alpha value is -1.20. The van der Waals surface area contributed by atoms with Crippen molar-refractivity contribution in [1.29, 1.82) is 0 Å². The third kappa shape index (κ3) is 3.42. The van der Waals surface area contributed by atoms with Gasteiger partial charge in [0.05, 0.1) is 17.2 Å². The van der Waals surface area contributed by atoms with Crippen LogP contribution in [0.5, 0.6) is 0 Å². The van der Waals surface area contributed by atoms with Crippen molar-refractivity contribution in [2.45, 2.75) is 39.3 Å². The van der Waals surface area contributed by atoms with Crippen LogP contribution in [-0.2, 0) is 6.54 Å². The third-order valence-electron chi connectivity index (χ3n) is 3.60. The molecule has 104 valence electrons. The maximum Gasteiger partial charge on any atom is 0.178 e. The minimum absolute atomic E-state index is 0.612. The van der Waals surface area contributed by atoms with Gasteiger partial charge < -0.3 is 14.5 Å². The van der Waals surface area contributed by atoms with Crippen LogP contribution < -0.4 is 0 Å². The average molecular weight is 278 g/mol. The van der Waals surface area contributed by atoms with Gasteiger partial charge in [-0.05, 0) is 58.6 Å². The molecule has 0 aliphatic heterocycles. The molecule has 0 saturated carbocycles. The number of H-pyrrole nitrogens is 1. The molecule has 0 fully saturated rings. The van der Waals surface area contributed by atoms with E-state index in [0.717, 1.165) is 35.3 Å². The predicted octanol–water partition coefficient (Wildman–Crippen LogP) is 3.21. The van der Waals surface area contributed by atoms with Crippen molar-refractivity contribution >= 4 is 23.3 Å². The van der Waals surface area contributed by atoms with Gasteiger partial charge in [-0.25, -0.2) is 0 Å². The second-order valence-corrected chi connectivity index (χ2v) is 5.64. The zero-order valence-corrected chi connectivity index (χ0v) is 12.7. The Labute approximate surface area is 119 Å². The number of nitrogens with zero attached hydrogens (tertiary/aromatic N) is 3. The summed E-state index contributed by atoms with van der Waals surface area (Å²) in [6, 6.07) is 2.63. The Morgan fingerprint density at radius 3 is 2.95 bits per heavy atom. The summed E-state index contributed by atoms with van der Waals surface area (Å²) >= 11 is 5.36. The number of hydrogen-bond acceptors (Lipinski definition) is 3. The normalized spacial score (nSPS) is 11.8. The summed E-state index contributed by atoms with van der Waals surface area (Å²) in [6.07, 6.45) is 5.97. The quantitative estimate of drug-likeness (QED) is 0.651. The van der Waals surface area contributed by atoms with Crippen LogP contribution in [0.2, 0.25) is 0 Å². The molecule has 2 aromatic rings. The first kappa shape index (κ1) is 14.2. The fraction of sp³-hybridized carbons (Fsp3) is 0.571. The van der Waals surface area contributed by atoms with Crippen LogP contribution in [0.1, 0.15) is 26.7 Å². The molecule has 0 spiro atoms. The number of rotatable bonds is 6. The molecule has 2 rings (SSSR count). The Morgan fingerprint density at radius 2 is 2.21 bits per heavy atom. The Bertz CT molecular complexity index is 584. The molecule has 0 radical (unpaired) electrons. The van der Waals surface area contributed by atoms with Crippen molar-refractivity contribution in [3.8, 4) is 0 Å². The van der Waals surface area contributed by atoms with E-state index in [1.54, 1.807) is 0 Å². The van der Waals surface area contributed by atoms with Crippen LogP contribution in [0.3, 0.4) is 0 Å². The van der Waals surface area contributed by atoms with Gasteiger partial charge in [0.2, 0.25) is 0 Å². The summed E-state index contributed by atoms with van der Waals surface area (Å²) in [4.78, 5) is 9.68. The molecule has 0 aliphatic carbocycles. The minimum Gasteiger partial charge on any atom is -0.329 e. The van der Waals surface area contributed by atoms with Gasteiger partial charge in [0.15, 0.2) is 4.77 Å². The van der Waals surface area contributed by atoms with E-state index in [-0.39, 0.29) is 0 Å². The van der Waals surface area contributed by atoms with Gasteiger partial charge in [0.1, 0.15) is 0 Å². The Morgan fingerprint density at radius 1 is 1.42 bits per heavy atom. The Balaban J connectivity index is 1.95. The highest BCUT2D eigenvalue weighted by Gasteiger charge is 2.05. The van der Waals surface area contributed by atoms with E-state index in [1.165, 1.54) is 6.42 Å². The highest BCUT2D eigenvalue weighted by atomic mass is 32.1. The highest BCUT2D eigenvalue weighted by molar-refractivity contribution is 7.71. The zero-order valence-electron chi connectivity index (χ0n) is 11.9. The molecular formula is C14H22N4S. The number of pyridine rings is 1. The summed E-state index contributed by atoms with van der Waals surface area (Å²) in [7, 11) is 2.17. The molecule has 0 aromatic carbocycles. The van der Waals surface area contributed by atoms with Crippen LogP contribution in [0, 0.1) is 4.77 Å². The predicted molar refractivity (Wildman–Crippen MR) is 81.9 cm³/mol. The summed E-state index contributed by atoms with van der Waals surface area (Å²) in [5.74, 6) is 0. The smallest absolute Gasteiger partial charge is 0.178 e. The average Bonchev–Trinajstić information content (AvgIpc) is 2.70. The SMILES string of the molecule is CC(C)N(C)CCCCn1c(=S)[nH]c2cnccc21. The summed E-state index contributed by atoms with van der Waals surface area (Å²) in [5.41, 5.74) is 2.17. The van der Waals surface area contributed by atoms with Crippen molar-refractivity contribution < 1.29 is 0 Å². The number of hydrogen-bond donors (Lipinski definition) is 1. The van der Waals surface area contributed by atoms with Crippen LogP contribution in [0.4, 0.5) is 0 Å². The molecule has 0 bridgehead atoms. The summed E-state index contributed by atoms with van der Waals surface area (Å²) < 4.78 is 2.96. The summed E-state index contributed by atoms with van der Waals surface area (Å²) in [6.45, 7) is 6.55. The molecule has 2 heterocycles. The van der Waals surface area contributed by atoms with E-state index in [4.69, 9.17) is 12.2 Å². The number of aromatic nitrogens is 3. The van der Waals surface area contributed by atoms with Gasteiger partial charge in [-0.1, -0.05) is 0 Å². The van der Waals surface area contributed by atoms with Crippen LogP contribution in [0.25, 0.3) is 11.0 Å². The molecule has 19 heavy (non-hydrogen) atoms. The number of imidazole rings is 1. The number of aromatic amines is 1. The third-order valence-corrected chi connectivity index (χ3v) is 3.92. The fourth-order valence-electron chi connectivity index (χ4n) is 2.12. The van der Waals surface area contributed by atoms with Crippen molar-refractivity contribution in [3.63, 3.8) is 0 Å². The minimum atomic E-state index is 0.612. The molecule has 1 N–H and O–H groups in total. The lowest BCUT2D eigenvalue weighted by atomic mass is 10.2. The van der Waals surface area contributed by atoms with Crippen LogP contribution in [-0.4, -0.2) is 39.1 Å². The van der Waals surface area contributed by atoms with Gasteiger partial charge >= 0.3 is 0 Å². The van der Waals surface area contributed by atoms with Gasteiger partial charge in [0.25, 0.3) is 0 Å². The molecule has 5 heteroatoms. The number of nitrogens with one attached hydrogen (secondary N) is 1. The van der Waals surface area contributed by atoms with Gasteiger partial charge in [-0.15, -0.1) is 0 Å². The first-order valence-corrected chi connectivity index (χ1v) is 7.23. The van der Waals surface area contributed by atoms with E-state index >= 15 is 0 Å². The van der Waals surface area contributed by atoms with Crippen molar-refractivity contribution in [3.05, 3.63) is 23.2 Å². The maximum atomic E-state index is 5.36. The van der Waals surface area contributed by atoms with E-state index in [9.17, 15) is 0 Å². The number of aryl methyl sites for hydroxylation is 1. The lowest BCUT2D eigenvalue weighted by Gasteiger charge is -2.20.